The van der Waals surface area contributed by atoms with Crippen molar-refractivity contribution in [3.63, 3.8) is 0 Å². The van der Waals surface area contributed by atoms with Gasteiger partial charge in [0.15, 0.2) is 11.5 Å². The van der Waals surface area contributed by atoms with Gasteiger partial charge in [-0.15, -0.1) is 6.58 Å². The summed E-state index contributed by atoms with van der Waals surface area (Å²) in [5.74, 6) is -1.63. The topological polar surface area (TPSA) is 90.3 Å². The van der Waals surface area contributed by atoms with Crippen molar-refractivity contribution in [2.45, 2.75) is 54.9 Å². The second-order valence-corrected chi connectivity index (χ2v) is 10.4. The monoisotopic (exact) mass is 476 g/mol. The molecule has 5 aliphatic rings. The molecule has 0 unspecified atom stereocenters. The number of aromatic hydroxyl groups is 1. The van der Waals surface area contributed by atoms with Gasteiger partial charge in [-0.2, -0.15) is 0 Å². The first-order chi connectivity index (χ1) is 16.8. The Morgan fingerprint density at radius 2 is 2.03 bits per heavy atom. The number of halogens is 1. The summed E-state index contributed by atoms with van der Waals surface area (Å²) in [4.78, 5) is 30.1. The molecule has 3 aliphatic heterocycles. The first-order valence-electron chi connectivity index (χ1n) is 12.1. The van der Waals surface area contributed by atoms with Gasteiger partial charge in [0.05, 0.1) is 28.2 Å². The van der Waals surface area contributed by atoms with Gasteiger partial charge in [-0.05, 0) is 56.0 Å². The number of fused-ring (bicyclic) bond motifs is 1. The molecular weight excluding hydrogens is 451 g/mol. The molecule has 180 valence electrons. The lowest BCUT2D eigenvalue weighted by Crippen LogP contribution is -2.78. The van der Waals surface area contributed by atoms with Gasteiger partial charge in [0, 0.05) is 18.2 Å². The summed E-state index contributed by atoms with van der Waals surface area (Å²) in [6, 6.07) is 6.66. The summed E-state index contributed by atoms with van der Waals surface area (Å²) in [5.41, 5.74) is -0.434. The lowest BCUT2D eigenvalue weighted by atomic mass is 9.48. The van der Waals surface area contributed by atoms with Gasteiger partial charge in [0.2, 0.25) is 0 Å². The van der Waals surface area contributed by atoms with E-state index in [4.69, 9.17) is 4.74 Å². The van der Waals surface area contributed by atoms with Gasteiger partial charge < -0.3 is 14.9 Å². The Kier molecular flexibility index (Phi) is 4.04. The van der Waals surface area contributed by atoms with Crippen molar-refractivity contribution in [2.75, 3.05) is 13.1 Å². The molecule has 2 fully saturated rings. The Morgan fingerprint density at radius 3 is 2.80 bits per heavy atom. The molecule has 1 spiro atoms. The third-order valence-corrected chi connectivity index (χ3v) is 9.13. The molecule has 2 bridgehead atoms. The zero-order chi connectivity index (χ0) is 24.3. The highest BCUT2D eigenvalue weighted by molar-refractivity contribution is 6.21. The zero-order valence-electron chi connectivity index (χ0n) is 19.0. The van der Waals surface area contributed by atoms with Crippen molar-refractivity contribution in [1.82, 2.24) is 9.80 Å². The minimum atomic E-state index is -1.18. The maximum Gasteiger partial charge on any atom is 0.264 e. The number of imide groups is 1. The molecule has 8 heteroatoms. The zero-order valence-corrected chi connectivity index (χ0v) is 19.0. The van der Waals surface area contributed by atoms with Gasteiger partial charge in [-0.1, -0.05) is 18.2 Å². The lowest BCUT2D eigenvalue weighted by molar-refractivity contribution is -0.194. The van der Waals surface area contributed by atoms with Gasteiger partial charge in [-0.25, -0.2) is 4.39 Å². The van der Waals surface area contributed by atoms with Crippen LogP contribution >= 0.6 is 0 Å². The SMILES string of the molecule is C=CCN1CC[C@]23c4c5ccc(O)c4O[C@H]2[C@@H](N2C(=O)c4cccc(F)c4C2=O)CC[C@@]3(O)[C@H]1C5. The van der Waals surface area contributed by atoms with Crippen LogP contribution in [0.25, 0.3) is 0 Å². The Bertz CT molecular complexity index is 1340. The number of carbonyl (C=O) groups is 2. The molecule has 0 radical (unpaired) electrons. The molecule has 0 aromatic heterocycles. The van der Waals surface area contributed by atoms with E-state index in [-0.39, 0.29) is 22.9 Å². The summed E-state index contributed by atoms with van der Waals surface area (Å²) < 4.78 is 21.0. The van der Waals surface area contributed by atoms with E-state index in [1.807, 2.05) is 12.1 Å². The van der Waals surface area contributed by atoms with Crippen LogP contribution in [0.4, 0.5) is 4.39 Å². The number of amides is 2. The first kappa shape index (κ1) is 21.1. The maximum absolute atomic E-state index is 14.6. The number of benzene rings is 2. The smallest absolute Gasteiger partial charge is 0.264 e. The number of rotatable bonds is 3. The van der Waals surface area contributed by atoms with E-state index in [1.165, 1.54) is 18.2 Å². The second kappa shape index (κ2) is 6.71. The Morgan fingerprint density at radius 1 is 1.20 bits per heavy atom. The third-order valence-electron chi connectivity index (χ3n) is 9.13. The number of hydrogen-bond donors (Lipinski definition) is 2. The minimum absolute atomic E-state index is 0.0194. The molecule has 2 N–H and O–H groups in total. The lowest BCUT2D eigenvalue weighted by Gasteiger charge is -2.64. The molecule has 7 nitrogen and oxygen atoms in total. The molecular formula is C27H25FN2O5. The molecule has 3 heterocycles. The average Bonchev–Trinajstić information content (AvgIpc) is 3.31. The van der Waals surface area contributed by atoms with Crippen LogP contribution in [-0.2, 0) is 11.8 Å². The molecule has 1 saturated heterocycles. The van der Waals surface area contributed by atoms with Crippen LogP contribution in [0.1, 0.15) is 51.1 Å². The number of ether oxygens (including phenoxy) is 1. The fourth-order valence-electron chi connectivity index (χ4n) is 7.82. The number of carbonyl (C=O) groups excluding carboxylic acids is 2. The predicted molar refractivity (Wildman–Crippen MR) is 123 cm³/mol. The molecule has 2 aromatic rings. The van der Waals surface area contributed by atoms with Crippen LogP contribution in [0.5, 0.6) is 11.5 Å². The Balaban J connectivity index is 1.40. The Hall–Kier alpha value is -3.23. The van der Waals surface area contributed by atoms with Crippen LogP contribution in [0.3, 0.4) is 0 Å². The highest BCUT2D eigenvalue weighted by atomic mass is 19.1. The number of likely N-dealkylation sites (tertiary alicyclic amines) is 1. The van der Waals surface area contributed by atoms with Crippen molar-refractivity contribution < 1.29 is 28.9 Å². The van der Waals surface area contributed by atoms with Crippen LogP contribution in [0, 0.1) is 5.82 Å². The van der Waals surface area contributed by atoms with E-state index in [9.17, 15) is 24.2 Å². The van der Waals surface area contributed by atoms with Crippen molar-refractivity contribution >= 4 is 11.8 Å². The van der Waals surface area contributed by atoms with E-state index in [0.717, 1.165) is 16.0 Å². The molecule has 2 aromatic carbocycles. The van der Waals surface area contributed by atoms with E-state index in [1.54, 1.807) is 6.07 Å². The number of phenols is 1. The van der Waals surface area contributed by atoms with Crippen LogP contribution in [0.2, 0.25) is 0 Å². The highest BCUT2D eigenvalue weighted by Crippen LogP contribution is 2.66. The minimum Gasteiger partial charge on any atom is -0.504 e. The van der Waals surface area contributed by atoms with Crippen molar-refractivity contribution in [2.24, 2.45) is 0 Å². The van der Waals surface area contributed by atoms with E-state index < -0.39 is 40.8 Å². The molecule has 7 rings (SSSR count). The third kappa shape index (κ3) is 2.28. The quantitative estimate of drug-likeness (QED) is 0.523. The van der Waals surface area contributed by atoms with Crippen LogP contribution < -0.4 is 4.74 Å². The number of phenolic OH excluding ortho intramolecular Hbond substituents is 1. The summed E-state index contributed by atoms with van der Waals surface area (Å²) in [6.07, 6.45) is 2.89. The van der Waals surface area contributed by atoms with Crippen LogP contribution in [-0.4, -0.2) is 68.7 Å². The summed E-state index contributed by atoms with van der Waals surface area (Å²) in [5, 5.41) is 23.2. The number of piperidine rings is 1. The highest BCUT2D eigenvalue weighted by Gasteiger charge is 2.74. The van der Waals surface area contributed by atoms with E-state index in [2.05, 4.69) is 11.5 Å². The van der Waals surface area contributed by atoms with Crippen molar-refractivity contribution in [3.05, 3.63) is 71.1 Å². The number of nitrogens with zero attached hydrogens (tertiary/aromatic N) is 2. The largest absolute Gasteiger partial charge is 0.504 e. The molecule has 2 amide bonds. The average molecular weight is 477 g/mol. The van der Waals surface area contributed by atoms with Crippen LogP contribution in [0.15, 0.2) is 43.0 Å². The molecule has 5 atom stereocenters. The van der Waals surface area contributed by atoms with E-state index in [0.29, 0.717) is 44.5 Å². The molecule has 2 aliphatic carbocycles. The fraction of sp³-hybridized carbons (Fsp3) is 0.407. The standard InChI is InChI=1S/C27H25FN2O5/c1-2-11-29-12-10-26-21-14-6-7-18(31)22(21)35-23(26)17(8-9-27(26,34)19(29)13-14)30-24(32)15-4-3-5-16(28)20(15)25(30)33/h2-7,17,19,23,31,34H,1,8-13H2/t17-,19+,23-,26-,27+/m0/s1. The first-order valence-corrected chi connectivity index (χ1v) is 12.1. The predicted octanol–water partition coefficient (Wildman–Crippen LogP) is 2.54. The van der Waals surface area contributed by atoms with Gasteiger partial charge in [0.25, 0.3) is 11.8 Å². The van der Waals surface area contributed by atoms with E-state index >= 15 is 0 Å². The Labute approximate surface area is 201 Å². The fourth-order valence-corrected chi connectivity index (χ4v) is 7.82. The van der Waals surface area contributed by atoms with Gasteiger partial charge in [-0.3, -0.25) is 19.4 Å². The number of aliphatic hydroxyl groups is 1. The molecule has 35 heavy (non-hydrogen) atoms. The van der Waals surface area contributed by atoms with Crippen molar-refractivity contribution in [1.29, 1.82) is 0 Å². The normalized spacial score (nSPS) is 34.5. The summed E-state index contributed by atoms with van der Waals surface area (Å²) >= 11 is 0. The second-order valence-electron chi connectivity index (χ2n) is 10.4. The van der Waals surface area contributed by atoms with Crippen molar-refractivity contribution in [3.8, 4) is 11.5 Å². The molecule has 1 saturated carbocycles. The number of hydrogen-bond acceptors (Lipinski definition) is 6. The summed E-state index contributed by atoms with van der Waals surface area (Å²) in [6.45, 7) is 5.19. The van der Waals surface area contributed by atoms with Gasteiger partial charge in [0.1, 0.15) is 11.9 Å². The van der Waals surface area contributed by atoms with Gasteiger partial charge >= 0.3 is 0 Å². The summed E-state index contributed by atoms with van der Waals surface area (Å²) in [7, 11) is 0. The maximum atomic E-state index is 14.6.